The second-order valence-electron chi connectivity index (χ2n) is 10.4. The lowest BCUT2D eigenvalue weighted by atomic mass is 9.78. The molecule has 0 unspecified atom stereocenters. The Bertz CT molecular complexity index is 1130. The van der Waals surface area contributed by atoms with Crippen molar-refractivity contribution < 1.29 is 23.4 Å². The first-order valence-electron chi connectivity index (χ1n) is 13.0. The SMILES string of the molecule is CCOC(=O)N1CC2(CC[C@@H](N3CCN(c4cc(F)cnc4-c4ccc5c(c4)OCCO5)CC3)C2)C1. The molecule has 2 aromatic rings. The van der Waals surface area contributed by atoms with Gasteiger partial charge in [-0.25, -0.2) is 9.18 Å². The van der Waals surface area contributed by atoms with Gasteiger partial charge in [0.1, 0.15) is 19.0 Å². The van der Waals surface area contributed by atoms with E-state index in [0.29, 0.717) is 31.6 Å². The molecule has 1 atom stereocenters. The molecule has 1 saturated carbocycles. The van der Waals surface area contributed by atoms with Crippen LogP contribution in [-0.2, 0) is 4.74 Å². The van der Waals surface area contributed by atoms with Crippen molar-refractivity contribution in [3.63, 3.8) is 0 Å². The van der Waals surface area contributed by atoms with Crippen LogP contribution in [0.1, 0.15) is 26.2 Å². The van der Waals surface area contributed by atoms with Gasteiger partial charge in [-0.15, -0.1) is 0 Å². The monoisotopic (exact) mass is 496 g/mol. The van der Waals surface area contributed by atoms with E-state index in [0.717, 1.165) is 74.8 Å². The van der Waals surface area contributed by atoms with E-state index in [1.54, 1.807) is 6.07 Å². The summed E-state index contributed by atoms with van der Waals surface area (Å²) in [6, 6.07) is 7.93. The van der Waals surface area contributed by atoms with E-state index in [1.807, 2.05) is 30.0 Å². The number of aromatic nitrogens is 1. The maximum atomic E-state index is 14.3. The number of piperazine rings is 1. The van der Waals surface area contributed by atoms with Gasteiger partial charge in [0.2, 0.25) is 0 Å². The summed E-state index contributed by atoms with van der Waals surface area (Å²) in [5.41, 5.74) is 2.73. The molecule has 9 heteroatoms. The summed E-state index contributed by atoms with van der Waals surface area (Å²) in [5, 5.41) is 0. The Labute approximate surface area is 210 Å². The van der Waals surface area contributed by atoms with Crippen molar-refractivity contribution in [1.29, 1.82) is 0 Å². The van der Waals surface area contributed by atoms with E-state index in [2.05, 4.69) is 14.8 Å². The summed E-state index contributed by atoms with van der Waals surface area (Å²) >= 11 is 0. The van der Waals surface area contributed by atoms with Crippen LogP contribution in [0.3, 0.4) is 0 Å². The Morgan fingerprint density at radius 1 is 1.14 bits per heavy atom. The van der Waals surface area contributed by atoms with Crippen molar-refractivity contribution in [3.05, 3.63) is 36.3 Å². The number of benzene rings is 1. The first-order chi connectivity index (χ1) is 17.5. The van der Waals surface area contributed by atoms with Gasteiger partial charge in [0.15, 0.2) is 11.5 Å². The predicted octanol–water partition coefficient (Wildman–Crippen LogP) is 3.79. The molecular weight excluding hydrogens is 463 g/mol. The summed E-state index contributed by atoms with van der Waals surface area (Å²) in [6.07, 6.45) is 4.56. The van der Waals surface area contributed by atoms with Gasteiger partial charge in [-0.1, -0.05) is 0 Å². The molecule has 3 aliphatic heterocycles. The van der Waals surface area contributed by atoms with Crippen LogP contribution in [0.4, 0.5) is 14.9 Å². The fourth-order valence-corrected chi connectivity index (χ4v) is 6.29. The van der Waals surface area contributed by atoms with E-state index in [9.17, 15) is 9.18 Å². The van der Waals surface area contributed by atoms with Crippen LogP contribution in [0, 0.1) is 11.2 Å². The number of carbonyl (C=O) groups is 1. The summed E-state index contributed by atoms with van der Waals surface area (Å²) in [5.74, 6) is 1.10. The number of nitrogens with zero attached hydrogens (tertiary/aromatic N) is 4. The van der Waals surface area contributed by atoms with Crippen molar-refractivity contribution in [2.24, 2.45) is 5.41 Å². The van der Waals surface area contributed by atoms with Gasteiger partial charge in [-0.3, -0.25) is 9.88 Å². The molecule has 8 nitrogen and oxygen atoms in total. The zero-order valence-electron chi connectivity index (χ0n) is 20.7. The molecule has 1 amide bonds. The summed E-state index contributed by atoms with van der Waals surface area (Å²) in [6.45, 7) is 8.46. The number of pyridine rings is 1. The Morgan fingerprint density at radius 3 is 2.69 bits per heavy atom. The molecule has 0 N–H and O–H groups in total. The number of fused-ring (bicyclic) bond motifs is 1. The van der Waals surface area contributed by atoms with Crippen molar-refractivity contribution >= 4 is 11.8 Å². The average Bonchev–Trinajstić information content (AvgIpc) is 3.34. The fraction of sp³-hybridized carbons (Fsp3) is 0.556. The van der Waals surface area contributed by atoms with Gasteiger partial charge in [-0.2, -0.15) is 0 Å². The molecule has 1 aliphatic carbocycles. The van der Waals surface area contributed by atoms with E-state index in [1.165, 1.54) is 12.6 Å². The van der Waals surface area contributed by atoms with Crippen molar-refractivity contribution in [3.8, 4) is 22.8 Å². The molecule has 4 heterocycles. The van der Waals surface area contributed by atoms with Gasteiger partial charge in [0, 0.05) is 62.4 Å². The third kappa shape index (κ3) is 4.34. The van der Waals surface area contributed by atoms with Crippen LogP contribution in [-0.4, -0.2) is 86.0 Å². The number of ether oxygens (including phenoxy) is 3. The normalized spacial score (nSPS) is 23.0. The van der Waals surface area contributed by atoms with Gasteiger partial charge in [-0.05, 0) is 44.4 Å². The van der Waals surface area contributed by atoms with Crippen molar-refractivity contribution in [1.82, 2.24) is 14.8 Å². The molecule has 6 rings (SSSR count). The number of anilines is 1. The standard InChI is InChI=1S/C27H33FN4O4/c1-2-34-26(33)32-17-27(18-32)6-5-21(15-27)30-7-9-31(10-8-30)22-14-20(28)16-29-25(22)19-3-4-23-24(13-19)36-12-11-35-23/h3-4,13-14,16,21H,2,5-12,15,17-18H2,1H3/t21-/m1/s1. The Hall–Kier alpha value is -3.07. The first kappa shape index (κ1) is 23.3. The summed E-state index contributed by atoms with van der Waals surface area (Å²) in [7, 11) is 0. The predicted molar refractivity (Wildman–Crippen MR) is 133 cm³/mol. The zero-order chi connectivity index (χ0) is 24.7. The molecule has 2 saturated heterocycles. The molecule has 0 bridgehead atoms. The highest BCUT2D eigenvalue weighted by atomic mass is 19.1. The minimum atomic E-state index is -0.331. The lowest BCUT2D eigenvalue weighted by Gasteiger charge is -2.48. The Balaban J connectivity index is 1.11. The van der Waals surface area contributed by atoms with Gasteiger partial charge in [0.05, 0.1) is 24.2 Å². The lowest BCUT2D eigenvalue weighted by Crippen LogP contribution is -2.58. The van der Waals surface area contributed by atoms with Crippen molar-refractivity contribution in [2.45, 2.75) is 32.2 Å². The highest BCUT2D eigenvalue weighted by Gasteiger charge is 2.51. The van der Waals surface area contributed by atoms with Gasteiger partial charge >= 0.3 is 6.09 Å². The molecule has 1 spiro atoms. The van der Waals surface area contributed by atoms with Crippen LogP contribution >= 0.6 is 0 Å². The number of amides is 1. The van der Waals surface area contributed by atoms with Crippen LogP contribution in [0.5, 0.6) is 11.5 Å². The fourth-order valence-electron chi connectivity index (χ4n) is 6.29. The summed E-state index contributed by atoms with van der Waals surface area (Å²) in [4.78, 5) is 23.1. The third-order valence-corrected chi connectivity index (χ3v) is 8.08. The van der Waals surface area contributed by atoms with Crippen LogP contribution in [0.25, 0.3) is 11.3 Å². The molecule has 192 valence electrons. The van der Waals surface area contributed by atoms with Gasteiger partial charge < -0.3 is 24.0 Å². The quantitative estimate of drug-likeness (QED) is 0.638. The van der Waals surface area contributed by atoms with E-state index < -0.39 is 0 Å². The zero-order valence-corrected chi connectivity index (χ0v) is 20.7. The molecule has 0 radical (unpaired) electrons. The number of hydrogen-bond donors (Lipinski definition) is 0. The highest BCUT2D eigenvalue weighted by Crippen LogP contribution is 2.47. The van der Waals surface area contributed by atoms with E-state index in [-0.39, 0.29) is 17.3 Å². The maximum Gasteiger partial charge on any atom is 0.409 e. The molecule has 1 aromatic heterocycles. The van der Waals surface area contributed by atoms with E-state index >= 15 is 0 Å². The minimum Gasteiger partial charge on any atom is -0.486 e. The third-order valence-electron chi connectivity index (χ3n) is 8.08. The van der Waals surface area contributed by atoms with E-state index in [4.69, 9.17) is 14.2 Å². The smallest absolute Gasteiger partial charge is 0.409 e. The lowest BCUT2D eigenvalue weighted by molar-refractivity contribution is -0.00294. The number of likely N-dealkylation sites (tertiary alicyclic amines) is 1. The Morgan fingerprint density at radius 2 is 1.92 bits per heavy atom. The largest absolute Gasteiger partial charge is 0.486 e. The van der Waals surface area contributed by atoms with Crippen LogP contribution < -0.4 is 14.4 Å². The average molecular weight is 497 g/mol. The topological polar surface area (TPSA) is 67.4 Å². The van der Waals surface area contributed by atoms with Crippen LogP contribution in [0.15, 0.2) is 30.5 Å². The molecule has 4 aliphatic rings. The second kappa shape index (κ2) is 9.42. The number of rotatable bonds is 4. The molecular formula is C27H33FN4O4. The highest BCUT2D eigenvalue weighted by molar-refractivity contribution is 5.77. The van der Waals surface area contributed by atoms with Crippen molar-refractivity contribution in [2.75, 3.05) is 64.0 Å². The number of hydrogen-bond acceptors (Lipinski definition) is 7. The second-order valence-corrected chi connectivity index (χ2v) is 10.4. The number of halogens is 1. The number of carbonyl (C=O) groups excluding carboxylic acids is 1. The first-order valence-corrected chi connectivity index (χ1v) is 13.0. The molecule has 1 aromatic carbocycles. The summed E-state index contributed by atoms with van der Waals surface area (Å²) < 4.78 is 30.9. The Kier molecular flexibility index (Phi) is 6.11. The van der Waals surface area contributed by atoms with Crippen LogP contribution in [0.2, 0.25) is 0 Å². The minimum absolute atomic E-state index is 0.183. The maximum absolute atomic E-state index is 14.3. The van der Waals surface area contributed by atoms with Gasteiger partial charge in [0.25, 0.3) is 0 Å². The molecule has 3 fully saturated rings. The molecule has 36 heavy (non-hydrogen) atoms.